The Morgan fingerprint density at radius 2 is 1.45 bits per heavy atom. The first-order valence-electron chi connectivity index (χ1n) is 11.7. The van der Waals surface area contributed by atoms with Crippen molar-refractivity contribution in [1.82, 2.24) is 4.90 Å². The van der Waals surface area contributed by atoms with E-state index in [1.807, 2.05) is 57.2 Å². The highest BCUT2D eigenvalue weighted by Gasteiger charge is 2.50. The van der Waals surface area contributed by atoms with Crippen LogP contribution in [-0.2, 0) is 14.0 Å². The number of ketones is 1. The van der Waals surface area contributed by atoms with Gasteiger partial charge in [0.1, 0.15) is 11.4 Å². The molecule has 1 aliphatic heterocycles. The molecular weight excluding hydrogens is 430 g/mol. The third kappa shape index (κ3) is 5.74. The summed E-state index contributed by atoms with van der Waals surface area (Å²) >= 11 is 0. The van der Waals surface area contributed by atoms with Crippen LogP contribution >= 0.6 is 0 Å². The minimum absolute atomic E-state index is 0.146. The Balaban J connectivity index is 1.91. The zero-order chi connectivity index (χ0) is 24.3. The molecule has 1 aliphatic rings. The predicted molar refractivity (Wildman–Crippen MR) is 134 cm³/mol. The van der Waals surface area contributed by atoms with Gasteiger partial charge in [-0.25, -0.2) is 4.79 Å². The van der Waals surface area contributed by atoms with Crippen LogP contribution in [0, 0.1) is 5.92 Å². The quantitative estimate of drug-likeness (QED) is 0.612. The van der Waals surface area contributed by atoms with Gasteiger partial charge in [-0.15, -0.1) is 0 Å². The molecule has 1 heterocycles. The van der Waals surface area contributed by atoms with Gasteiger partial charge in [-0.05, 0) is 36.2 Å². The van der Waals surface area contributed by atoms with E-state index in [1.54, 1.807) is 4.90 Å². The van der Waals surface area contributed by atoms with Crippen LogP contribution in [0.3, 0.4) is 0 Å². The van der Waals surface area contributed by atoms with E-state index >= 15 is 0 Å². The lowest BCUT2D eigenvalue weighted by atomic mass is 9.98. The number of rotatable bonds is 5. The summed E-state index contributed by atoms with van der Waals surface area (Å²) < 4.78 is 12.5. The number of hydrogen-bond donors (Lipinski definition) is 0. The van der Waals surface area contributed by atoms with E-state index in [4.69, 9.17) is 9.16 Å². The molecule has 1 fully saturated rings. The number of amides is 1. The molecule has 33 heavy (non-hydrogen) atoms. The zero-order valence-electron chi connectivity index (χ0n) is 20.8. The molecule has 2 aromatic rings. The Labute approximate surface area is 199 Å². The molecule has 2 aromatic carbocycles. The molecule has 1 saturated heterocycles. The highest BCUT2D eigenvalue weighted by Crippen LogP contribution is 2.37. The summed E-state index contributed by atoms with van der Waals surface area (Å²) in [6.45, 7) is 13.2. The van der Waals surface area contributed by atoms with E-state index in [-0.39, 0.29) is 29.4 Å². The number of benzene rings is 2. The van der Waals surface area contributed by atoms with Crippen molar-refractivity contribution in [2.45, 2.75) is 58.6 Å². The molecule has 3 rings (SSSR count). The summed E-state index contributed by atoms with van der Waals surface area (Å²) in [5.74, 6) is -0.222. The van der Waals surface area contributed by atoms with E-state index in [2.05, 4.69) is 45.0 Å². The van der Waals surface area contributed by atoms with Gasteiger partial charge in [-0.1, -0.05) is 81.4 Å². The lowest BCUT2D eigenvalue weighted by molar-refractivity contribution is -0.127. The molecule has 0 radical (unpaired) electrons. The molecule has 0 saturated carbocycles. The van der Waals surface area contributed by atoms with Crippen molar-refractivity contribution in [3.8, 4) is 0 Å². The number of hydrogen-bond acceptors (Lipinski definition) is 4. The highest BCUT2D eigenvalue weighted by atomic mass is 28.4. The van der Waals surface area contributed by atoms with Gasteiger partial charge >= 0.3 is 6.09 Å². The fourth-order valence-electron chi connectivity index (χ4n) is 4.53. The van der Waals surface area contributed by atoms with Crippen molar-refractivity contribution < 1.29 is 18.8 Å². The van der Waals surface area contributed by atoms with E-state index in [9.17, 15) is 9.59 Å². The van der Waals surface area contributed by atoms with Crippen molar-refractivity contribution in [2.75, 3.05) is 19.7 Å². The maximum absolute atomic E-state index is 12.8. The monoisotopic (exact) mass is 467 g/mol. The van der Waals surface area contributed by atoms with Crippen LogP contribution in [-0.4, -0.2) is 50.4 Å². The number of ether oxygens (including phenoxy) is 1. The van der Waals surface area contributed by atoms with Gasteiger partial charge in [0.05, 0.1) is 5.92 Å². The third-order valence-electron chi connectivity index (χ3n) is 6.09. The molecular formula is C27H37NO4Si. The number of nitrogens with zero attached hydrogens (tertiary/aromatic N) is 1. The molecule has 1 amide bonds. The van der Waals surface area contributed by atoms with Crippen molar-refractivity contribution in [3.05, 3.63) is 60.7 Å². The Bertz CT molecular complexity index is 908. The molecule has 0 aromatic heterocycles. The molecule has 0 bridgehead atoms. The SMILES string of the molecule is CC(C)(C)OC(=O)N1CCC(=O)C(CO[Si](c2ccccc2)(c2ccccc2)C(C)(C)C)C1. The minimum Gasteiger partial charge on any atom is -0.444 e. The van der Waals surface area contributed by atoms with E-state index < -0.39 is 13.9 Å². The summed E-state index contributed by atoms with van der Waals surface area (Å²) in [7, 11) is -2.74. The van der Waals surface area contributed by atoms with Gasteiger partial charge in [0.25, 0.3) is 8.32 Å². The van der Waals surface area contributed by atoms with Crippen LogP contribution in [0.1, 0.15) is 48.0 Å². The number of Topliss-reactive ketones (excluding diaryl/α,β-unsaturated/α-hetero) is 1. The number of piperidine rings is 1. The third-order valence-corrected chi connectivity index (χ3v) is 11.1. The van der Waals surface area contributed by atoms with Gasteiger partial charge in [-0.2, -0.15) is 0 Å². The second-order valence-corrected chi connectivity index (χ2v) is 15.1. The number of likely N-dealkylation sites (tertiary alicyclic amines) is 1. The Hall–Kier alpha value is -2.44. The number of carbonyl (C=O) groups excluding carboxylic acids is 2. The Morgan fingerprint density at radius 3 is 1.91 bits per heavy atom. The topological polar surface area (TPSA) is 55.8 Å². The molecule has 5 nitrogen and oxygen atoms in total. The van der Waals surface area contributed by atoms with Gasteiger partial charge in [0.2, 0.25) is 0 Å². The molecule has 0 spiro atoms. The molecule has 1 atom stereocenters. The Morgan fingerprint density at radius 1 is 0.939 bits per heavy atom. The summed E-state index contributed by atoms with van der Waals surface area (Å²) in [6, 6.07) is 20.8. The fourth-order valence-corrected chi connectivity index (χ4v) is 9.14. The second-order valence-electron chi connectivity index (χ2n) is 10.8. The van der Waals surface area contributed by atoms with Crippen LogP contribution in [0.4, 0.5) is 4.79 Å². The first-order chi connectivity index (χ1) is 15.4. The highest BCUT2D eigenvalue weighted by molar-refractivity contribution is 6.99. The van der Waals surface area contributed by atoms with Crippen LogP contribution < -0.4 is 10.4 Å². The van der Waals surface area contributed by atoms with E-state index in [0.29, 0.717) is 19.5 Å². The molecule has 6 heteroatoms. The van der Waals surface area contributed by atoms with E-state index in [1.165, 1.54) is 10.4 Å². The smallest absolute Gasteiger partial charge is 0.410 e. The van der Waals surface area contributed by atoms with Crippen LogP contribution in [0.15, 0.2) is 60.7 Å². The fraction of sp³-hybridized carbons (Fsp3) is 0.481. The van der Waals surface area contributed by atoms with E-state index in [0.717, 1.165) is 0 Å². The molecule has 0 N–H and O–H groups in total. The summed E-state index contributed by atoms with van der Waals surface area (Å²) in [6.07, 6.45) is -0.0426. The largest absolute Gasteiger partial charge is 0.444 e. The van der Waals surface area contributed by atoms with Gasteiger partial charge in [0.15, 0.2) is 0 Å². The van der Waals surface area contributed by atoms with Crippen molar-refractivity contribution >= 4 is 30.6 Å². The van der Waals surface area contributed by atoms with Gasteiger partial charge < -0.3 is 14.1 Å². The minimum atomic E-state index is -2.74. The normalized spacial score (nSPS) is 17.7. The summed E-state index contributed by atoms with van der Waals surface area (Å²) in [4.78, 5) is 27.1. The Kier molecular flexibility index (Phi) is 7.49. The van der Waals surface area contributed by atoms with Gasteiger partial charge in [0, 0.05) is 26.1 Å². The van der Waals surface area contributed by atoms with Crippen molar-refractivity contribution in [1.29, 1.82) is 0 Å². The van der Waals surface area contributed by atoms with Gasteiger partial charge in [-0.3, -0.25) is 4.79 Å². The molecule has 0 aliphatic carbocycles. The summed E-state index contributed by atoms with van der Waals surface area (Å²) in [5.41, 5.74) is -0.570. The number of carbonyl (C=O) groups is 2. The first-order valence-corrected chi connectivity index (χ1v) is 13.6. The lowest BCUT2D eigenvalue weighted by Gasteiger charge is -2.44. The van der Waals surface area contributed by atoms with Crippen molar-refractivity contribution in [3.63, 3.8) is 0 Å². The standard InChI is InChI=1S/C27H37NO4Si/c1-26(2,3)32-25(30)28-18-17-24(29)21(19-28)20-31-33(27(4,5)6,22-13-9-7-10-14-22)23-15-11-8-12-16-23/h7-16,21H,17-20H2,1-6H3. The average Bonchev–Trinajstić information content (AvgIpc) is 2.74. The maximum Gasteiger partial charge on any atom is 0.410 e. The summed E-state index contributed by atoms with van der Waals surface area (Å²) in [5, 5.41) is 2.19. The average molecular weight is 468 g/mol. The second kappa shape index (κ2) is 9.81. The predicted octanol–water partition coefficient (Wildman–Crippen LogP) is 4.39. The maximum atomic E-state index is 12.8. The van der Waals surface area contributed by atoms with Crippen LogP contribution in [0.25, 0.3) is 0 Å². The molecule has 1 unspecified atom stereocenters. The lowest BCUT2D eigenvalue weighted by Crippen LogP contribution is -2.67. The molecule has 178 valence electrons. The zero-order valence-corrected chi connectivity index (χ0v) is 21.8. The van der Waals surface area contributed by atoms with Crippen LogP contribution in [0.2, 0.25) is 5.04 Å². The first kappa shape index (κ1) is 25.2. The van der Waals surface area contributed by atoms with Crippen LogP contribution in [0.5, 0.6) is 0 Å². The van der Waals surface area contributed by atoms with Crippen molar-refractivity contribution in [2.24, 2.45) is 5.92 Å².